The number of aryl methyl sites for hydroxylation is 1. The summed E-state index contributed by atoms with van der Waals surface area (Å²) in [6.07, 6.45) is 0.895. The minimum atomic E-state index is -0.103. The van der Waals surface area contributed by atoms with E-state index in [-0.39, 0.29) is 11.9 Å². The van der Waals surface area contributed by atoms with E-state index in [1.54, 1.807) is 24.9 Å². The van der Waals surface area contributed by atoms with Gasteiger partial charge >= 0.3 is 0 Å². The van der Waals surface area contributed by atoms with Crippen LogP contribution in [0.5, 0.6) is 5.75 Å². The summed E-state index contributed by atoms with van der Waals surface area (Å²) in [4.78, 5) is 12.2. The van der Waals surface area contributed by atoms with Gasteiger partial charge in [0.1, 0.15) is 11.4 Å². The maximum Gasteiger partial charge on any atom is 0.269 e. The number of rotatable bonds is 5. The van der Waals surface area contributed by atoms with E-state index in [4.69, 9.17) is 4.74 Å². The van der Waals surface area contributed by atoms with Gasteiger partial charge in [-0.15, -0.1) is 0 Å². The summed E-state index contributed by atoms with van der Waals surface area (Å²) in [7, 11) is 3.40. The molecular weight excluding hydrogens is 266 g/mol. The van der Waals surface area contributed by atoms with E-state index in [9.17, 15) is 4.79 Å². The summed E-state index contributed by atoms with van der Waals surface area (Å²) in [6, 6.07) is 9.57. The van der Waals surface area contributed by atoms with Gasteiger partial charge in [-0.05, 0) is 31.5 Å². The van der Waals surface area contributed by atoms with Gasteiger partial charge in [0, 0.05) is 18.7 Å². The van der Waals surface area contributed by atoms with E-state index in [1.165, 1.54) is 0 Å². The standard InChI is InChI=1S/C16H21N3O2/c1-5-11(2)17-16(20)15-10-14(18-19(15)3)12-7-6-8-13(9-12)21-4/h6-11H,5H2,1-4H3,(H,17,20)/t11-/m0/s1. The SMILES string of the molecule is CC[C@H](C)NC(=O)c1cc(-c2cccc(OC)c2)nn1C. The Hall–Kier alpha value is -2.30. The lowest BCUT2D eigenvalue weighted by Crippen LogP contribution is -2.33. The van der Waals surface area contributed by atoms with Crippen molar-refractivity contribution in [2.45, 2.75) is 26.3 Å². The van der Waals surface area contributed by atoms with Crippen molar-refractivity contribution < 1.29 is 9.53 Å². The van der Waals surface area contributed by atoms with Gasteiger partial charge in [0.15, 0.2) is 0 Å². The Morgan fingerprint density at radius 2 is 2.19 bits per heavy atom. The number of nitrogens with zero attached hydrogens (tertiary/aromatic N) is 2. The number of methoxy groups -OCH3 is 1. The third-order valence-electron chi connectivity index (χ3n) is 3.47. The summed E-state index contributed by atoms with van der Waals surface area (Å²) in [5, 5.41) is 7.36. The van der Waals surface area contributed by atoms with Crippen molar-refractivity contribution >= 4 is 5.91 Å². The molecule has 0 saturated carbocycles. The van der Waals surface area contributed by atoms with Crippen LogP contribution < -0.4 is 10.1 Å². The predicted octanol–water partition coefficient (Wildman–Crippen LogP) is 2.62. The fourth-order valence-corrected chi connectivity index (χ4v) is 2.00. The van der Waals surface area contributed by atoms with E-state index >= 15 is 0 Å². The average Bonchev–Trinajstić information content (AvgIpc) is 2.89. The molecule has 1 atom stereocenters. The van der Waals surface area contributed by atoms with Crippen molar-refractivity contribution in [3.63, 3.8) is 0 Å². The second-order valence-electron chi connectivity index (χ2n) is 5.05. The molecule has 0 spiro atoms. The van der Waals surface area contributed by atoms with Crippen LogP contribution in [0, 0.1) is 0 Å². The first kappa shape index (κ1) is 15.1. The van der Waals surface area contributed by atoms with Crippen LogP contribution in [-0.4, -0.2) is 28.8 Å². The minimum Gasteiger partial charge on any atom is -0.497 e. The average molecular weight is 287 g/mol. The van der Waals surface area contributed by atoms with Crippen LogP contribution in [0.15, 0.2) is 30.3 Å². The largest absolute Gasteiger partial charge is 0.497 e. The maximum absolute atomic E-state index is 12.2. The van der Waals surface area contributed by atoms with E-state index in [2.05, 4.69) is 10.4 Å². The minimum absolute atomic E-state index is 0.103. The number of nitrogens with one attached hydrogen (secondary N) is 1. The Kier molecular flexibility index (Phi) is 4.62. The van der Waals surface area contributed by atoms with Crippen molar-refractivity contribution in [1.82, 2.24) is 15.1 Å². The maximum atomic E-state index is 12.2. The smallest absolute Gasteiger partial charge is 0.269 e. The van der Waals surface area contributed by atoms with Crippen molar-refractivity contribution in [3.05, 3.63) is 36.0 Å². The first-order valence-corrected chi connectivity index (χ1v) is 7.04. The first-order valence-electron chi connectivity index (χ1n) is 7.04. The quantitative estimate of drug-likeness (QED) is 0.919. The molecule has 1 heterocycles. The number of carbonyl (C=O) groups excluding carboxylic acids is 1. The molecular formula is C16H21N3O2. The van der Waals surface area contributed by atoms with Crippen LogP contribution in [-0.2, 0) is 7.05 Å². The van der Waals surface area contributed by atoms with E-state index in [0.717, 1.165) is 23.4 Å². The molecule has 5 heteroatoms. The Balaban J connectivity index is 2.28. The topological polar surface area (TPSA) is 56.1 Å². The molecule has 0 radical (unpaired) electrons. The summed E-state index contributed by atoms with van der Waals surface area (Å²) < 4.78 is 6.82. The molecule has 0 fully saturated rings. The van der Waals surface area contributed by atoms with Gasteiger partial charge in [-0.3, -0.25) is 9.48 Å². The number of hydrogen-bond acceptors (Lipinski definition) is 3. The van der Waals surface area contributed by atoms with Crippen LogP contribution in [0.4, 0.5) is 0 Å². The van der Waals surface area contributed by atoms with Gasteiger partial charge in [0.25, 0.3) is 5.91 Å². The van der Waals surface area contributed by atoms with Crippen LogP contribution in [0.2, 0.25) is 0 Å². The third kappa shape index (κ3) is 3.42. The summed E-state index contributed by atoms with van der Waals surface area (Å²) in [5.74, 6) is 0.664. The number of aromatic nitrogens is 2. The van der Waals surface area contributed by atoms with Crippen molar-refractivity contribution in [1.29, 1.82) is 0 Å². The van der Waals surface area contributed by atoms with Gasteiger partial charge < -0.3 is 10.1 Å². The highest BCUT2D eigenvalue weighted by molar-refractivity contribution is 5.93. The molecule has 5 nitrogen and oxygen atoms in total. The number of amides is 1. The van der Waals surface area contributed by atoms with Gasteiger partial charge in [-0.1, -0.05) is 19.1 Å². The monoisotopic (exact) mass is 287 g/mol. The Bertz CT molecular complexity index is 634. The van der Waals surface area contributed by atoms with Crippen LogP contribution >= 0.6 is 0 Å². The molecule has 2 aromatic rings. The van der Waals surface area contributed by atoms with Crippen molar-refractivity contribution in [2.24, 2.45) is 7.05 Å². The summed E-state index contributed by atoms with van der Waals surface area (Å²) >= 11 is 0. The predicted molar refractivity (Wildman–Crippen MR) is 82.4 cm³/mol. The van der Waals surface area contributed by atoms with Crippen LogP contribution in [0.1, 0.15) is 30.8 Å². The summed E-state index contributed by atoms with van der Waals surface area (Å²) in [6.45, 7) is 4.02. The molecule has 1 N–H and O–H groups in total. The highest BCUT2D eigenvalue weighted by atomic mass is 16.5. The molecule has 0 aliphatic heterocycles. The van der Waals surface area contributed by atoms with Crippen molar-refractivity contribution in [3.8, 4) is 17.0 Å². The zero-order valence-electron chi connectivity index (χ0n) is 12.9. The van der Waals surface area contributed by atoms with E-state index < -0.39 is 0 Å². The highest BCUT2D eigenvalue weighted by Crippen LogP contribution is 2.23. The van der Waals surface area contributed by atoms with E-state index in [1.807, 2.05) is 38.1 Å². The lowest BCUT2D eigenvalue weighted by molar-refractivity contribution is 0.0930. The normalized spacial score (nSPS) is 12.0. The van der Waals surface area contributed by atoms with Crippen LogP contribution in [0.3, 0.4) is 0 Å². The number of hydrogen-bond donors (Lipinski definition) is 1. The third-order valence-corrected chi connectivity index (χ3v) is 3.47. The molecule has 0 aliphatic rings. The number of benzene rings is 1. The Labute approximate surface area is 124 Å². The second kappa shape index (κ2) is 6.43. The molecule has 0 saturated heterocycles. The number of carbonyl (C=O) groups is 1. The Morgan fingerprint density at radius 1 is 1.43 bits per heavy atom. The Morgan fingerprint density at radius 3 is 2.86 bits per heavy atom. The lowest BCUT2D eigenvalue weighted by atomic mass is 10.1. The second-order valence-corrected chi connectivity index (χ2v) is 5.05. The highest BCUT2D eigenvalue weighted by Gasteiger charge is 2.15. The molecule has 1 aromatic carbocycles. The molecule has 0 aliphatic carbocycles. The molecule has 0 bridgehead atoms. The lowest BCUT2D eigenvalue weighted by Gasteiger charge is -2.10. The van der Waals surface area contributed by atoms with Gasteiger partial charge in [-0.25, -0.2) is 0 Å². The first-order chi connectivity index (χ1) is 10.0. The summed E-state index contributed by atoms with van der Waals surface area (Å²) in [5.41, 5.74) is 2.23. The van der Waals surface area contributed by atoms with Crippen molar-refractivity contribution in [2.75, 3.05) is 7.11 Å². The van der Waals surface area contributed by atoms with Gasteiger partial charge in [0.05, 0.1) is 12.8 Å². The van der Waals surface area contributed by atoms with Gasteiger partial charge in [0.2, 0.25) is 0 Å². The zero-order valence-corrected chi connectivity index (χ0v) is 12.9. The molecule has 1 amide bonds. The van der Waals surface area contributed by atoms with E-state index in [0.29, 0.717) is 5.69 Å². The molecule has 2 rings (SSSR count). The van der Waals surface area contributed by atoms with Gasteiger partial charge in [-0.2, -0.15) is 5.10 Å². The fourth-order valence-electron chi connectivity index (χ4n) is 2.00. The molecule has 1 aromatic heterocycles. The van der Waals surface area contributed by atoms with Crippen LogP contribution in [0.25, 0.3) is 11.3 Å². The molecule has 21 heavy (non-hydrogen) atoms. The molecule has 0 unspecified atom stereocenters. The zero-order chi connectivity index (χ0) is 15.4. The number of ether oxygens (including phenoxy) is 1. The molecule has 112 valence electrons. The fraction of sp³-hybridized carbons (Fsp3) is 0.375.